The Labute approximate surface area is 101 Å². The molecule has 0 fully saturated rings. The Bertz CT molecular complexity index is 327. The number of nitrogens with two attached hydrogens (primary N) is 1. The number of methoxy groups -OCH3 is 1. The van der Waals surface area contributed by atoms with Gasteiger partial charge in [-0.3, -0.25) is 0 Å². The van der Waals surface area contributed by atoms with Crippen molar-refractivity contribution in [3.8, 4) is 0 Å². The van der Waals surface area contributed by atoms with Crippen molar-refractivity contribution in [3.63, 3.8) is 0 Å². The molecular formula is C10H17ClN4O. The fraction of sp³-hybridized carbons (Fsp3) is 0.600. The first-order valence-corrected chi connectivity index (χ1v) is 5.52. The maximum absolute atomic E-state index is 5.84. The fourth-order valence-corrected chi connectivity index (χ4v) is 1.78. The first-order chi connectivity index (χ1) is 7.58. The second-order valence-corrected chi connectivity index (χ2v) is 3.88. The summed E-state index contributed by atoms with van der Waals surface area (Å²) in [4.78, 5) is 10.1. The number of halogens is 1. The number of anilines is 2. The number of hydrogen-bond donors (Lipinski definition) is 1. The van der Waals surface area contributed by atoms with Gasteiger partial charge in [0, 0.05) is 19.7 Å². The molecule has 0 radical (unpaired) electrons. The van der Waals surface area contributed by atoms with E-state index in [4.69, 9.17) is 22.1 Å². The zero-order chi connectivity index (χ0) is 12.1. The number of hydrogen-bond acceptors (Lipinski definition) is 5. The SMILES string of the molecule is CCN(c1cc(Cl)nc(N)n1)C(C)COC. The van der Waals surface area contributed by atoms with Crippen LogP contribution < -0.4 is 10.6 Å². The number of rotatable bonds is 5. The molecule has 0 saturated carbocycles. The van der Waals surface area contributed by atoms with Gasteiger partial charge < -0.3 is 15.4 Å². The van der Waals surface area contributed by atoms with Gasteiger partial charge in [0.15, 0.2) is 0 Å². The van der Waals surface area contributed by atoms with Crippen molar-refractivity contribution >= 4 is 23.4 Å². The largest absolute Gasteiger partial charge is 0.383 e. The lowest BCUT2D eigenvalue weighted by Gasteiger charge is -2.28. The summed E-state index contributed by atoms with van der Waals surface area (Å²) in [5.74, 6) is 0.912. The maximum Gasteiger partial charge on any atom is 0.223 e. The quantitative estimate of drug-likeness (QED) is 0.797. The van der Waals surface area contributed by atoms with Gasteiger partial charge in [0.1, 0.15) is 11.0 Å². The minimum Gasteiger partial charge on any atom is -0.383 e. The van der Waals surface area contributed by atoms with Gasteiger partial charge in [-0.25, -0.2) is 4.98 Å². The molecule has 0 aliphatic rings. The van der Waals surface area contributed by atoms with E-state index in [1.54, 1.807) is 13.2 Å². The van der Waals surface area contributed by atoms with E-state index in [0.29, 0.717) is 11.8 Å². The maximum atomic E-state index is 5.84. The summed E-state index contributed by atoms with van der Waals surface area (Å²) in [6.45, 7) is 5.52. The summed E-state index contributed by atoms with van der Waals surface area (Å²) in [6, 6.07) is 1.91. The van der Waals surface area contributed by atoms with Crippen LogP contribution in [0.25, 0.3) is 0 Å². The van der Waals surface area contributed by atoms with Crippen molar-refractivity contribution in [1.82, 2.24) is 9.97 Å². The van der Waals surface area contributed by atoms with Gasteiger partial charge in [-0.15, -0.1) is 0 Å². The van der Waals surface area contributed by atoms with Crippen LogP contribution in [0.15, 0.2) is 6.07 Å². The van der Waals surface area contributed by atoms with Crippen molar-refractivity contribution < 1.29 is 4.74 Å². The van der Waals surface area contributed by atoms with Crippen LogP contribution in [0.4, 0.5) is 11.8 Å². The molecule has 0 aliphatic heterocycles. The lowest BCUT2D eigenvalue weighted by molar-refractivity contribution is 0.181. The molecule has 1 aromatic heterocycles. The van der Waals surface area contributed by atoms with E-state index in [1.807, 2.05) is 6.92 Å². The monoisotopic (exact) mass is 244 g/mol. The van der Waals surface area contributed by atoms with Gasteiger partial charge in [0.25, 0.3) is 0 Å². The van der Waals surface area contributed by atoms with Crippen LogP contribution in [0.2, 0.25) is 5.15 Å². The van der Waals surface area contributed by atoms with E-state index in [9.17, 15) is 0 Å². The average molecular weight is 245 g/mol. The van der Waals surface area contributed by atoms with Crippen molar-refractivity contribution in [2.75, 3.05) is 30.9 Å². The molecule has 0 spiro atoms. The molecule has 0 aliphatic carbocycles. The summed E-state index contributed by atoms with van der Waals surface area (Å²) in [7, 11) is 1.67. The van der Waals surface area contributed by atoms with E-state index in [2.05, 4.69) is 21.8 Å². The molecule has 0 amide bonds. The molecule has 1 heterocycles. The molecule has 0 aromatic carbocycles. The second kappa shape index (κ2) is 5.86. The van der Waals surface area contributed by atoms with Crippen molar-refractivity contribution in [3.05, 3.63) is 11.2 Å². The van der Waals surface area contributed by atoms with Crippen LogP contribution in [0.3, 0.4) is 0 Å². The summed E-state index contributed by atoms with van der Waals surface area (Å²) < 4.78 is 5.12. The Kier molecular flexibility index (Phi) is 4.76. The summed E-state index contributed by atoms with van der Waals surface area (Å²) in [6.07, 6.45) is 0. The van der Waals surface area contributed by atoms with E-state index in [-0.39, 0.29) is 12.0 Å². The fourth-order valence-electron chi connectivity index (χ4n) is 1.60. The zero-order valence-corrected chi connectivity index (χ0v) is 10.5. The van der Waals surface area contributed by atoms with Crippen LogP contribution in [-0.2, 0) is 4.74 Å². The molecule has 1 rings (SSSR count). The lowest BCUT2D eigenvalue weighted by atomic mass is 10.3. The van der Waals surface area contributed by atoms with Gasteiger partial charge >= 0.3 is 0 Å². The van der Waals surface area contributed by atoms with E-state index in [1.165, 1.54) is 0 Å². The number of aromatic nitrogens is 2. The van der Waals surface area contributed by atoms with Gasteiger partial charge in [-0.1, -0.05) is 11.6 Å². The van der Waals surface area contributed by atoms with Crippen molar-refractivity contribution in [1.29, 1.82) is 0 Å². The van der Waals surface area contributed by atoms with Gasteiger partial charge in [-0.05, 0) is 13.8 Å². The van der Waals surface area contributed by atoms with Crippen LogP contribution in [0.1, 0.15) is 13.8 Å². The Hall–Kier alpha value is -1.07. The summed E-state index contributed by atoms with van der Waals surface area (Å²) in [5, 5.41) is 0.352. The third-order valence-corrected chi connectivity index (χ3v) is 2.47. The highest BCUT2D eigenvalue weighted by molar-refractivity contribution is 6.29. The first kappa shape index (κ1) is 13.0. The second-order valence-electron chi connectivity index (χ2n) is 3.50. The Balaban J connectivity index is 2.94. The minimum atomic E-state index is 0.186. The molecular weight excluding hydrogens is 228 g/mol. The highest BCUT2D eigenvalue weighted by Gasteiger charge is 2.15. The number of ether oxygens (including phenoxy) is 1. The van der Waals surface area contributed by atoms with Crippen LogP contribution in [0.5, 0.6) is 0 Å². The van der Waals surface area contributed by atoms with Crippen molar-refractivity contribution in [2.24, 2.45) is 0 Å². The average Bonchev–Trinajstić information content (AvgIpc) is 2.17. The van der Waals surface area contributed by atoms with E-state index in [0.717, 1.165) is 12.4 Å². The number of nitrogen functional groups attached to an aromatic ring is 1. The summed E-state index contributed by atoms with van der Waals surface area (Å²) in [5.41, 5.74) is 5.56. The zero-order valence-electron chi connectivity index (χ0n) is 9.77. The molecule has 1 unspecified atom stereocenters. The number of nitrogens with zero attached hydrogens (tertiary/aromatic N) is 3. The predicted octanol–water partition coefficient (Wildman–Crippen LogP) is 1.57. The van der Waals surface area contributed by atoms with Gasteiger partial charge in [-0.2, -0.15) is 4.98 Å². The smallest absolute Gasteiger partial charge is 0.223 e. The standard InChI is InChI=1S/C10H17ClN4O/c1-4-15(7(2)6-16-3)9-5-8(11)13-10(12)14-9/h5,7H,4,6H2,1-3H3,(H2,12,13,14). The normalized spacial score (nSPS) is 12.5. The molecule has 5 nitrogen and oxygen atoms in total. The third-order valence-electron chi connectivity index (χ3n) is 2.27. The predicted molar refractivity (Wildman–Crippen MR) is 65.8 cm³/mol. The first-order valence-electron chi connectivity index (χ1n) is 5.14. The van der Waals surface area contributed by atoms with E-state index >= 15 is 0 Å². The lowest BCUT2D eigenvalue weighted by Crippen LogP contribution is -2.36. The Morgan fingerprint density at radius 1 is 1.56 bits per heavy atom. The highest BCUT2D eigenvalue weighted by Crippen LogP contribution is 2.19. The van der Waals surface area contributed by atoms with Crippen molar-refractivity contribution in [2.45, 2.75) is 19.9 Å². The Morgan fingerprint density at radius 3 is 2.75 bits per heavy atom. The topological polar surface area (TPSA) is 64.3 Å². The molecule has 90 valence electrons. The Morgan fingerprint density at radius 2 is 2.25 bits per heavy atom. The van der Waals surface area contributed by atoms with Crippen LogP contribution >= 0.6 is 11.6 Å². The molecule has 16 heavy (non-hydrogen) atoms. The number of likely N-dealkylation sites (N-methyl/N-ethyl adjacent to an activating group) is 1. The molecule has 2 N–H and O–H groups in total. The highest BCUT2D eigenvalue weighted by atomic mass is 35.5. The molecule has 1 atom stereocenters. The van der Waals surface area contributed by atoms with Gasteiger partial charge in [0.05, 0.1) is 12.6 Å². The third kappa shape index (κ3) is 3.21. The summed E-state index contributed by atoms with van der Waals surface area (Å²) >= 11 is 5.84. The molecule has 0 saturated heterocycles. The van der Waals surface area contributed by atoms with Crippen LogP contribution in [0, 0.1) is 0 Å². The molecule has 6 heteroatoms. The van der Waals surface area contributed by atoms with Gasteiger partial charge in [0.2, 0.25) is 5.95 Å². The minimum absolute atomic E-state index is 0.186. The van der Waals surface area contributed by atoms with E-state index < -0.39 is 0 Å². The molecule has 1 aromatic rings. The van der Waals surface area contributed by atoms with Crippen LogP contribution in [-0.4, -0.2) is 36.3 Å². The molecule has 0 bridgehead atoms.